The Bertz CT molecular complexity index is 756. The van der Waals surface area contributed by atoms with Crippen LogP contribution in [0.25, 0.3) is 0 Å². The van der Waals surface area contributed by atoms with Crippen molar-refractivity contribution in [2.24, 2.45) is 5.92 Å². The van der Waals surface area contributed by atoms with E-state index >= 15 is 0 Å². The molecule has 2 aromatic rings. The van der Waals surface area contributed by atoms with Gasteiger partial charge in [-0.1, -0.05) is 32.0 Å². The molecular weight excluding hydrogens is 316 g/mol. The quantitative estimate of drug-likeness (QED) is 0.821. The van der Waals surface area contributed by atoms with Crippen molar-refractivity contribution in [3.63, 3.8) is 0 Å². The SMILES string of the molecule is CC(C)C(=O)OCc1ccc(NS(=O)(=O)c2ccccc2)cn1. The zero-order chi connectivity index (χ0) is 16.9. The van der Waals surface area contributed by atoms with Crippen LogP contribution in [0.1, 0.15) is 19.5 Å². The highest BCUT2D eigenvalue weighted by atomic mass is 32.2. The van der Waals surface area contributed by atoms with Crippen LogP contribution in [-0.2, 0) is 26.2 Å². The van der Waals surface area contributed by atoms with Gasteiger partial charge in [0.25, 0.3) is 10.0 Å². The number of nitrogens with one attached hydrogen (secondary N) is 1. The Labute approximate surface area is 135 Å². The predicted molar refractivity (Wildman–Crippen MR) is 86.1 cm³/mol. The summed E-state index contributed by atoms with van der Waals surface area (Å²) in [6.07, 6.45) is 1.39. The van der Waals surface area contributed by atoms with Gasteiger partial charge in [0.15, 0.2) is 0 Å². The third kappa shape index (κ3) is 4.79. The molecule has 0 saturated carbocycles. The normalized spacial score (nSPS) is 11.3. The Morgan fingerprint density at radius 1 is 1.17 bits per heavy atom. The molecule has 1 aromatic heterocycles. The molecule has 0 fully saturated rings. The number of ether oxygens (including phenoxy) is 1. The fourth-order valence-corrected chi connectivity index (χ4v) is 2.76. The van der Waals surface area contributed by atoms with Gasteiger partial charge in [-0.25, -0.2) is 8.42 Å². The van der Waals surface area contributed by atoms with Crippen LogP contribution < -0.4 is 4.72 Å². The monoisotopic (exact) mass is 334 g/mol. The molecule has 0 radical (unpaired) electrons. The van der Waals surface area contributed by atoms with Crippen molar-refractivity contribution in [3.05, 3.63) is 54.4 Å². The van der Waals surface area contributed by atoms with Crippen molar-refractivity contribution in [2.45, 2.75) is 25.3 Å². The minimum Gasteiger partial charge on any atom is -0.459 e. The Kier molecular flexibility index (Phi) is 5.33. The lowest BCUT2D eigenvalue weighted by Gasteiger charge is -2.09. The van der Waals surface area contributed by atoms with E-state index in [0.717, 1.165) is 0 Å². The van der Waals surface area contributed by atoms with Gasteiger partial charge in [-0.2, -0.15) is 0 Å². The summed E-state index contributed by atoms with van der Waals surface area (Å²) in [5.74, 6) is -0.507. The summed E-state index contributed by atoms with van der Waals surface area (Å²) in [5, 5.41) is 0. The standard InChI is InChI=1S/C16H18N2O4S/c1-12(2)16(19)22-11-14-9-8-13(10-17-14)18-23(20,21)15-6-4-3-5-7-15/h3-10,12,18H,11H2,1-2H3. The smallest absolute Gasteiger partial charge is 0.308 e. The van der Waals surface area contributed by atoms with E-state index < -0.39 is 10.0 Å². The predicted octanol–water partition coefficient (Wildman–Crippen LogP) is 2.58. The van der Waals surface area contributed by atoms with Gasteiger partial charge in [0, 0.05) is 0 Å². The highest BCUT2D eigenvalue weighted by molar-refractivity contribution is 7.92. The van der Waals surface area contributed by atoms with Gasteiger partial charge >= 0.3 is 5.97 Å². The number of esters is 1. The number of anilines is 1. The third-order valence-electron chi connectivity index (χ3n) is 2.96. The molecule has 6 nitrogen and oxygen atoms in total. The van der Waals surface area contributed by atoms with Gasteiger partial charge in [-0.3, -0.25) is 14.5 Å². The second-order valence-electron chi connectivity index (χ2n) is 5.22. The van der Waals surface area contributed by atoms with Gasteiger partial charge in [0.05, 0.1) is 28.4 Å². The molecule has 1 aromatic carbocycles. The molecule has 0 aliphatic carbocycles. The van der Waals surface area contributed by atoms with Gasteiger partial charge in [0.2, 0.25) is 0 Å². The molecule has 7 heteroatoms. The van der Waals surface area contributed by atoms with E-state index in [2.05, 4.69) is 9.71 Å². The molecule has 0 aliphatic heterocycles. The maximum atomic E-state index is 12.2. The first-order valence-electron chi connectivity index (χ1n) is 7.08. The highest BCUT2D eigenvalue weighted by Crippen LogP contribution is 2.15. The molecule has 0 amide bonds. The Morgan fingerprint density at radius 3 is 2.43 bits per heavy atom. The zero-order valence-corrected chi connectivity index (χ0v) is 13.7. The number of hydrogen-bond acceptors (Lipinski definition) is 5. The van der Waals surface area contributed by atoms with Crippen LogP contribution in [0.5, 0.6) is 0 Å². The number of benzene rings is 1. The summed E-state index contributed by atoms with van der Waals surface area (Å²) >= 11 is 0. The molecule has 0 unspecified atom stereocenters. The zero-order valence-electron chi connectivity index (χ0n) is 12.9. The number of pyridine rings is 1. The van der Waals surface area contributed by atoms with Gasteiger partial charge in [0.1, 0.15) is 6.61 Å². The number of carbonyl (C=O) groups excluding carboxylic acids is 1. The molecule has 0 aliphatic rings. The summed E-state index contributed by atoms with van der Waals surface area (Å²) in [7, 11) is -3.64. The fourth-order valence-electron chi connectivity index (χ4n) is 1.70. The van der Waals surface area contributed by atoms with E-state index in [4.69, 9.17) is 4.74 Å². The molecule has 2 rings (SSSR count). The largest absolute Gasteiger partial charge is 0.459 e. The van der Waals surface area contributed by atoms with Crippen molar-refractivity contribution in [2.75, 3.05) is 4.72 Å². The first-order chi connectivity index (χ1) is 10.9. The maximum Gasteiger partial charge on any atom is 0.308 e. The maximum absolute atomic E-state index is 12.2. The van der Waals surface area contributed by atoms with Crippen LogP contribution in [0.4, 0.5) is 5.69 Å². The molecule has 1 heterocycles. The lowest BCUT2D eigenvalue weighted by molar-refractivity contribution is -0.148. The summed E-state index contributed by atoms with van der Waals surface area (Å²) < 4.78 is 31.8. The topological polar surface area (TPSA) is 85.4 Å². The lowest BCUT2D eigenvalue weighted by atomic mass is 10.2. The number of carbonyl (C=O) groups is 1. The van der Waals surface area contributed by atoms with Crippen LogP contribution in [0.2, 0.25) is 0 Å². The average Bonchev–Trinajstić information content (AvgIpc) is 2.54. The summed E-state index contributed by atoms with van der Waals surface area (Å²) in [4.78, 5) is 15.6. The third-order valence-corrected chi connectivity index (χ3v) is 4.36. The van der Waals surface area contributed by atoms with E-state index in [1.807, 2.05) is 0 Å². The summed E-state index contributed by atoms with van der Waals surface area (Å²) in [6.45, 7) is 3.55. The van der Waals surface area contributed by atoms with Crippen molar-refractivity contribution < 1.29 is 17.9 Å². The first-order valence-corrected chi connectivity index (χ1v) is 8.56. The molecule has 0 spiro atoms. The van der Waals surface area contributed by atoms with Gasteiger partial charge in [-0.15, -0.1) is 0 Å². The van der Waals surface area contributed by atoms with Crippen LogP contribution in [0.15, 0.2) is 53.6 Å². The Morgan fingerprint density at radius 2 is 1.87 bits per heavy atom. The molecule has 23 heavy (non-hydrogen) atoms. The van der Waals surface area contributed by atoms with Crippen molar-refractivity contribution >= 4 is 21.7 Å². The molecule has 0 atom stereocenters. The summed E-state index contributed by atoms with van der Waals surface area (Å²) in [6, 6.07) is 11.2. The highest BCUT2D eigenvalue weighted by Gasteiger charge is 2.14. The molecule has 0 saturated heterocycles. The van der Waals surface area contributed by atoms with Crippen LogP contribution in [0, 0.1) is 5.92 Å². The second-order valence-corrected chi connectivity index (χ2v) is 6.90. The number of hydrogen-bond donors (Lipinski definition) is 1. The minimum absolute atomic E-state index is 0.0583. The Balaban J connectivity index is 2.02. The first kappa shape index (κ1) is 17.0. The number of rotatable bonds is 6. The van der Waals surface area contributed by atoms with Gasteiger partial charge < -0.3 is 4.74 Å². The minimum atomic E-state index is -3.64. The second kappa shape index (κ2) is 7.23. The lowest BCUT2D eigenvalue weighted by Crippen LogP contribution is -2.14. The van der Waals surface area contributed by atoms with Crippen LogP contribution in [-0.4, -0.2) is 19.4 Å². The van der Waals surface area contributed by atoms with Crippen molar-refractivity contribution in [3.8, 4) is 0 Å². The Hall–Kier alpha value is -2.41. The van der Waals surface area contributed by atoms with E-state index in [0.29, 0.717) is 11.4 Å². The fraction of sp³-hybridized carbons (Fsp3) is 0.250. The van der Waals surface area contributed by atoms with E-state index in [9.17, 15) is 13.2 Å². The number of nitrogens with zero attached hydrogens (tertiary/aromatic N) is 1. The van der Waals surface area contributed by atoms with Crippen molar-refractivity contribution in [1.82, 2.24) is 4.98 Å². The van der Waals surface area contributed by atoms with E-state index in [1.54, 1.807) is 44.2 Å². The summed E-state index contributed by atoms with van der Waals surface area (Å²) in [5.41, 5.74) is 0.884. The van der Waals surface area contributed by atoms with E-state index in [1.165, 1.54) is 18.3 Å². The van der Waals surface area contributed by atoms with Crippen LogP contribution in [0.3, 0.4) is 0 Å². The van der Waals surface area contributed by atoms with E-state index in [-0.39, 0.29) is 23.4 Å². The average molecular weight is 334 g/mol. The molecule has 0 bridgehead atoms. The number of aromatic nitrogens is 1. The molecular formula is C16H18N2O4S. The van der Waals surface area contributed by atoms with Gasteiger partial charge in [-0.05, 0) is 24.3 Å². The molecule has 1 N–H and O–H groups in total. The molecule has 122 valence electrons. The van der Waals surface area contributed by atoms with Crippen LogP contribution >= 0.6 is 0 Å². The van der Waals surface area contributed by atoms with Crippen molar-refractivity contribution in [1.29, 1.82) is 0 Å². The number of sulfonamides is 1.